The van der Waals surface area contributed by atoms with Gasteiger partial charge in [0.05, 0.1) is 0 Å². The minimum atomic E-state index is -1.03. The minimum absolute atomic E-state index is 0.000347. The standard InChI is InChI=1S/C13H20O4/c1-11(2)6-12(3,4)8-13(7-11)16-9(14)5-10(15)17-13/h5-8H2,1-4H3. The Balaban J connectivity index is 2.29. The predicted octanol–water partition coefficient (Wildman–Crippen LogP) is 2.41. The summed E-state index contributed by atoms with van der Waals surface area (Å²) in [6.07, 6.45) is 1.93. The topological polar surface area (TPSA) is 52.6 Å². The first kappa shape index (κ1) is 12.4. The highest BCUT2D eigenvalue weighted by Gasteiger charge is 2.54. The van der Waals surface area contributed by atoms with Crippen LogP contribution in [0.1, 0.15) is 53.4 Å². The molecular weight excluding hydrogens is 220 g/mol. The number of hydrogen-bond donors (Lipinski definition) is 0. The molecule has 1 heterocycles. The monoisotopic (exact) mass is 240 g/mol. The zero-order valence-electron chi connectivity index (χ0n) is 11.0. The van der Waals surface area contributed by atoms with E-state index in [0.717, 1.165) is 6.42 Å². The van der Waals surface area contributed by atoms with Crippen LogP contribution in [0.4, 0.5) is 0 Å². The van der Waals surface area contributed by atoms with Gasteiger partial charge in [0.15, 0.2) is 0 Å². The molecule has 0 atom stereocenters. The van der Waals surface area contributed by atoms with Crippen molar-refractivity contribution in [1.29, 1.82) is 0 Å². The molecule has 2 rings (SSSR count). The van der Waals surface area contributed by atoms with Crippen LogP contribution in [0.2, 0.25) is 0 Å². The first-order valence-electron chi connectivity index (χ1n) is 6.05. The number of esters is 2. The fraction of sp³-hybridized carbons (Fsp3) is 0.846. The van der Waals surface area contributed by atoms with Gasteiger partial charge in [-0.2, -0.15) is 0 Å². The summed E-state index contributed by atoms with van der Waals surface area (Å²) in [5, 5.41) is 0. The van der Waals surface area contributed by atoms with Crippen LogP contribution in [0.25, 0.3) is 0 Å². The van der Waals surface area contributed by atoms with Crippen LogP contribution in [0, 0.1) is 10.8 Å². The van der Waals surface area contributed by atoms with Gasteiger partial charge in [-0.15, -0.1) is 0 Å². The van der Waals surface area contributed by atoms with Gasteiger partial charge < -0.3 is 9.47 Å². The fourth-order valence-electron chi connectivity index (χ4n) is 3.71. The van der Waals surface area contributed by atoms with E-state index in [9.17, 15) is 9.59 Å². The van der Waals surface area contributed by atoms with Crippen LogP contribution in [0.5, 0.6) is 0 Å². The molecular formula is C13H20O4. The normalized spacial score (nSPS) is 29.6. The molecule has 1 spiro atoms. The molecule has 1 saturated carbocycles. The SMILES string of the molecule is CC1(C)CC(C)(C)CC2(C1)OC(=O)CC(=O)O2. The molecule has 1 aliphatic carbocycles. The summed E-state index contributed by atoms with van der Waals surface area (Å²) in [5.74, 6) is -1.96. The van der Waals surface area contributed by atoms with Crippen LogP contribution < -0.4 is 0 Å². The van der Waals surface area contributed by atoms with Gasteiger partial charge in [-0.3, -0.25) is 9.59 Å². The van der Waals surface area contributed by atoms with Crippen molar-refractivity contribution in [3.8, 4) is 0 Å². The molecule has 17 heavy (non-hydrogen) atoms. The molecule has 0 unspecified atom stereocenters. The molecule has 0 aromatic heterocycles. The lowest BCUT2D eigenvalue weighted by Gasteiger charge is -2.50. The van der Waals surface area contributed by atoms with E-state index in [2.05, 4.69) is 27.7 Å². The molecule has 0 bridgehead atoms. The third-order valence-electron chi connectivity index (χ3n) is 3.34. The Labute approximate surface area is 102 Å². The van der Waals surface area contributed by atoms with Crippen molar-refractivity contribution < 1.29 is 19.1 Å². The molecule has 1 aliphatic heterocycles. The average Bonchev–Trinajstić information content (AvgIpc) is 1.90. The molecule has 2 aliphatic rings. The van der Waals surface area contributed by atoms with E-state index >= 15 is 0 Å². The number of carbonyl (C=O) groups is 2. The van der Waals surface area contributed by atoms with Crippen molar-refractivity contribution >= 4 is 11.9 Å². The fourth-order valence-corrected chi connectivity index (χ4v) is 3.71. The van der Waals surface area contributed by atoms with Gasteiger partial charge in [0.2, 0.25) is 0 Å². The Morgan fingerprint density at radius 3 is 1.65 bits per heavy atom. The van der Waals surface area contributed by atoms with Gasteiger partial charge in [-0.05, 0) is 17.3 Å². The summed E-state index contributed by atoms with van der Waals surface area (Å²) in [4.78, 5) is 22.9. The van der Waals surface area contributed by atoms with Gasteiger partial charge in [0.1, 0.15) is 6.42 Å². The van der Waals surface area contributed by atoms with E-state index in [-0.39, 0.29) is 17.3 Å². The van der Waals surface area contributed by atoms with E-state index in [1.807, 2.05) is 0 Å². The quantitative estimate of drug-likeness (QED) is 0.482. The van der Waals surface area contributed by atoms with Crippen LogP contribution in [0.3, 0.4) is 0 Å². The number of rotatable bonds is 0. The Morgan fingerprint density at radius 2 is 1.24 bits per heavy atom. The largest absolute Gasteiger partial charge is 0.422 e. The molecule has 0 radical (unpaired) electrons. The summed E-state index contributed by atoms with van der Waals surface area (Å²) in [7, 11) is 0. The summed E-state index contributed by atoms with van der Waals surface area (Å²) in [6.45, 7) is 8.47. The maximum Gasteiger partial charge on any atom is 0.320 e. The lowest BCUT2D eigenvalue weighted by molar-refractivity contribution is -0.274. The molecule has 4 nitrogen and oxygen atoms in total. The van der Waals surface area contributed by atoms with Crippen LogP contribution >= 0.6 is 0 Å². The summed E-state index contributed by atoms with van der Waals surface area (Å²) >= 11 is 0. The second-order valence-electron chi connectivity index (χ2n) is 6.89. The van der Waals surface area contributed by atoms with Gasteiger partial charge in [0, 0.05) is 12.8 Å². The van der Waals surface area contributed by atoms with E-state index in [4.69, 9.17) is 9.47 Å². The summed E-state index contributed by atoms with van der Waals surface area (Å²) in [5.41, 5.74) is -0.000694. The lowest BCUT2D eigenvalue weighted by Crippen LogP contribution is -2.54. The number of hydrogen-bond acceptors (Lipinski definition) is 4. The van der Waals surface area contributed by atoms with Gasteiger partial charge in [0.25, 0.3) is 5.79 Å². The van der Waals surface area contributed by atoms with Gasteiger partial charge in [-0.1, -0.05) is 27.7 Å². The van der Waals surface area contributed by atoms with Crippen molar-refractivity contribution in [2.24, 2.45) is 10.8 Å². The zero-order valence-corrected chi connectivity index (χ0v) is 11.0. The maximum absolute atomic E-state index is 11.4. The molecule has 0 amide bonds. The smallest absolute Gasteiger partial charge is 0.320 e. The van der Waals surface area contributed by atoms with Crippen LogP contribution in [-0.2, 0) is 19.1 Å². The Morgan fingerprint density at radius 1 is 0.824 bits per heavy atom. The average molecular weight is 240 g/mol. The zero-order chi connectivity index (χ0) is 12.9. The predicted molar refractivity (Wildman–Crippen MR) is 60.9 cm³/mol. The second-order valence-corrected chi connectivity index (χ2v) is 6.89. The van der Waals surface area contributed by atoms with Crippen molar-refractivity contribution in [1.82, 2.24) is 0 Å². The highest BCUT2D eigenvalue weighted by molar-refractivity contribution is 5.93. The summed E-state index contributed by atoms with van der Waals surface area (Å²) < 4.78 is 10.7. The van der Waals surface area contributed by atoms with Crippen molar-refractivity contribution in [3.63, 3.8) is 0 Å². The highest BCUT2D eigenvalue weighted by atomic mass is 16.7. The molecule has 0 aromatic carbocycles. The molecule has 96 valence electrons. The van der Waals surface area contributed by atoms with E-state index in [1.165, 1.54) is 0 Å². The van der Waals surface area contributed by atoms with Crippen LogP contribution in [-0.4, -0.2) is 17.7 Å². The van der Waals surface area contributed by atoms with Crippen molar-refractivity contribution in [2.45, 2.75) is 59.2 Å². The Hall–Kier alpha value is -1.06. The third kappa shape index (κ3) is 2.61. The van der Waals surface area contributed by atoms with Crippen LogP contribution in [0.15, 0.2) is 0 Å². The molecule has 0 N–H and O–H groups in total. The van der Waals surface area contributed by atoms with E-state index in [1.54, 1.807) is 0 Å². The van der Waals surface area contributed by atoms with E-state index in [0.29, 0.717) is 12.8 Å². The molecule has 4 heteroatoms. The number of carbonyl (C=O) groups excluding carboxylic acids is 2. The second kappa shape index (κ2) is 3.47. The van der Waals surface area contributed by atoms with Gasteiger partial charge >= 0.3 is 11.9 Å². The first-order chi connectivity index (χ1) is 7.62. The van der Waals surface area contributed by atoms with E-state index < -0.39 is 17.7 Å². The highest BCUT2D eigenvalue weighted by Crippen LogP contribution is 2.52. The third-order valence-corrected chi connectivity index (χ3v) is 3.34. The maximum atomic E-state index is 11.4. The van der Waals surface area contributed by atoms with Crippen molar-refractivity contribution in [2.75, 3.05) is 0 Å². The lowest BCUT2D eigenvalue weighted by atomic mass is 9.63. The number of ether oxygens (including phenoxy) is 2. The molecule has 0 aromatic rings. The Kier molecular flexibility index (Phi) is 2.53. The molecule has 1 saturated heterocycles. The first-order valence-corrected chi connectivity index (χ1v) is 6.05. The molecule has 2 fully saturated rings. The Bertz CT molecular complexity index is 334. The van der Waals surface area contributed by atoms with Gasteiger partial charge in [-0.25, -0.2) is 0 Å². The minimum Gasteiger partial charge on any atom is -0.422 e. The summed E-state index contributed by atoms with van der Waals surface area (Å²) in [6, 6.07) is 0. The van der Waals surface area contributed by atoms with Crippen molar-refractivity contribution in [3.05, 3.63) is 0 Å².